The number of rotatable bonds is 2. The number of hydrogen-bond donors (Lipinski definition) is 2. The Morgan fingerprint density at radius 3 is 2.50 bits per heavy atom. The summed E-state index contributed by atoms with van der Waals surface area (Å²) >= 11 is 0. The van der Waals surface area contributed by atoms with E-state index in [0.717, 1.165) is 0 Å². The van der Waals surface area contributed by atoms with E-state index in [2.05, 4.69) is 23.6 Å². The molecule has 3 heteroatoms. The van der Waals surface area contributed by atoms with Crippen molar-refractivity contribution in [3.8, 4) is 0 Å². The van der Waals surface area contributed by atoms with Gasteiger partial charge in [-0.05, 0) is 42.4 Å². The van der Waals surface area contributed by atoms with Crippen molar-refractivity contribution in [2.45, 2.75) is 31.2 Å². The molecule has 0 bridgehead atoms. The zero-order valence-corrected chi connectivity index (χ0v) is 9.46. The van der Waals surface area contributed by atoms with Gasteiger partial charge in [-0.2, -0.15) is 0 Å². The van der Waals surface area contributed by atoms with Crippen LogP contribution in [0.5, 0.6) is 0 Å². The average Bonchev–Trinajstić information content (AvgIpc) is 2.28. The van der Waals surface area contributed by atoms with Crippen molar-refractivity contribution in [1.29, 1.82) is 0 Å². The molecular weight excluding hydrogens is 200 g/mol. The van der Waals surface area contributed by atoms with Crippen LogP contribution >= 0.6 is 0 Å². The van der Waals surface area contributed by atoms with Crippen LogP contribution < -0.4 is 11.3 Å². The predicted molar refractivity (Wildman–Crippen MR) is 62.9 cm³/mol. The van der Waals surface area contributed by atoms with Crippen LogP contribution in [0, 0.1) is 0 Å². The lowest BCUT2D eigenvalue weighted by atomic mass is 9.83. The van der Waals surface area contributed by atoms with Crippen LogP contribution in [0.4, 0.5) is 0 Å². The van der Waals surface area contributed by atoms with Gasteiger partial charge in [0.15, 0.2) is 0 Å². The zero-order valence-electron chi connectivity index (χ0n) is 9.46. The van der Waals surface area contributed by atoms with Crippen molar-refractivity contribution in [3.05, 3.63) is 34.9 Å². The van der Waals surface area contributed by atoms with Crippen LogP contribution in [0.3, 0.4) is 0 Å². The van der Waals surface area contributed by atoms with Gasteiger partial charge in [-0.15, -0.1) is 0 Å². The van der Waals surface area contributed by atoms with Gasteiger partial charge >= 0.3 is 0 Å². The maximum absolute atomic E-state index is 5.65. The Bertz CT molecular complexity index is 393. The van der Waals surface area contributed by atoms with Crippen molar-refractivity contribution in [2.24, 2.45) is 5.84 Å². The molecule has 0 saturated carbocycles. The van der Waals surface area contributed by atoms with Gasteiger partial charge < -0.3 is 4.74 Å². The summed E-state index contributed by atoms with van der Waals surface area (Å²) in [6, 6.07) is 6.78. The number of ether oxygens (including phenoxy) is 1. The average molecular weight is 218 g/mol. The van der Waals surface area contributed by atoms with Crippen LogP contribution in [0.2, 0.25) is 0 Å². The molecule has 0 atom stereocenters. The van der Waals surface area contributed by atoms with Gasteiger partial charge in [0.25, 0.3) is 0 Å². The Hall–Kier alpha value is -0.900. The van der Waals surface area contributed by atoms with Crippen molar-refractivity contribution in [2.75, 3.05) is 13.2 Å². The number of benzene rings is 1. The molecule has 1 aliphatic carbocycles. The van der Waals surface area contributed by atoms with Gasteiger partial charge in [0.05, 0.1) is 13.2 Å². The Balaban J connectivity index is 1.96. The quantitative estimate of drug-likeness (QED) is 0.580. The minimum Gasteiger partial charge on any atom is -0.377 e. The summed E-state index contributed by atoms with van der Waals surface area (Å²) in [5, 5.41) is 0. The van der Waals surface area contributed by atoms with Gasteiger partial charge in [-0.1, -0.05) is 18.2 Å². The van der Waals surface area contributed by atoms with E-state index in [1.165, 1.54) is 42.4 Å². The highest BCUT2D eigenvalue weighted by molar-refractivity contribution is 5.38. The van der Waals surface area contributed by atoms with Crippen LogP contribution in [0.15, 0.2) is 18.2 Å². The number of nitrogens with one attached hydrogen (secondary N) is 1. The highest BCUT2D eigenvalue weighted by Gasteiger charge is 2.39. The molecule has 0 aromatic heterocycles. The van der Waals surface area contributed by atoms with E-state index in [9.17, 15) is 0 Å². The van der Waals surface area contributed by atoms with Gasteiger partial charge in [-0.3, -0.25) is 5.84 Å². The van der Waals surface area contributed by atoms with Crippen LogP contribution in [0.1, 0.15) is 29.5 Å². The van der Waals surface area contributed by atoms with E-state index in [-0.39, 0.29) is 5.54 Å². The second kappa shape index (κ2) is 3.84. The Morgan fingerprint density at radius 2 is 1.88 bits per heavy atom. The molecule has 1 aromatic rings. The lowest BCUT2D eigenvalue weighted by Crippen LogP contribution is -2.60. The summed E-state index contributed by atoms with van der Waals surface area (Å²) in [5.74, 6) is 5.65. The van der Waals surface area contributed by atoms with E-state index in [1.54, 1.807) is 0 Å². The van der Waals surface area contributed by atoms with E-state index in [1.807, 2.05) is 0 Å². The normalized spacial score (nSPS) is 22.3. The predicted octanol–water partition coefficient (Wildman–Crippen LogP) is 1.25. The first-order chi connectivity index (χ1) is 7.84. The number of fused-ring (bicyclic) bond motifs is 1. The molecule has 3 N–H and O–H groups in total. The van der Waals surface area contributed by atoms with Gasteiger partial charge in [0, 0.05) is 0 Å². The molecule has 1 heterocycles. The maximum Gasteiger partial charge on any atom is 0.103 e. The van der Waals surface area contributed by atoms with Crippen molar-refractivity contribution in [3.63, 3.8) is 0 Å². The molecule has 0 spiro atoms. The van der Waals surface area contributed by atoms with Gasteiger partial charge in [0.2, 0.25) is 0 Å². The molecule has 3 nitrogen and oxygen atoms in total. The first kappa shape index (κ1) is 10.3. The molecule has 86 valence electrons. The first-order valence-electron chi connectivity index (χ1n) is 6.02. The van der Waals surface area contributed by atoms with E-state index in [0.29, 0.717) is 13.2 Å². The third-order valence-electron chi connectivity index (χ3n) is 3.87. The van der Waals surface area contributed by atoms with Crippen molar-refractivity contribution >= 4 is 0 Å². The second-order valence-corrected chi connectivity index (χ2v) is 4.91. The molecule has 1 saturated heterocycles. The lowest BCUT2D eigenvalue weighted by molar-refractivity contribution is -0.0787. The summed E-state index contributed by atoms with van der Waals surface area (Å²) in [7, 11) is 0. The molecule has 2 aliphatic rings. The van der Waals surface area contributed by atoms with Crippen molar-refractivity contribution in [1.82, 2.24) is 5.43 Å². The molecule has 1 fully saturated rings. The zero-order chi connectivity index (χ0) is 11.0. The molecule has 0 unspecified atom stereocenters. The number of aryl methyl sites for hydroxylation is 2. The summed E-state index contributed by atoms with van der Waals surface area (Å²) in [5.41, 5.74) is 7.08. The monoisotopic (exact) mass is 218 g/mol. The SMILES string of the molecule is NNC1(c2ccc3c(c2)CCCC3)COC1. The largest absolute Gasteiger partial charge is 0.377 e. The highest BCUT2D eigenvalue weighted by atomic mass is 16.5. The molecule has 0 amide bonds. The number of nitrogens with two attached hydrogens (primary N) is 1. The lowest BCUT2D eigenvalue weighted by Gasteiger charge is -2.41. The smallest absolute Gasteiger partial charge is 0.103 e. The third kappa shape index (κ3) is 1.47. The summed E-state index contributed by atoms with van der Waals surface area (Å²) in [6.45, 7) is 1.37. The molecule has 1 aromatic carbocycles. The summed E-state index contributed by atoms with van der Waals surface area (Å²) < 4.78 is 5.29. The molecule has 3 rings (SSSR count). The van der Waals surface area contributed by atoms with E-state index in [4.69, 9.17) is 10.6 Å². The van der Waals surface area contributed by atoms with Crippen molar-refractivity contribution < 1.29 is 4.74 Å². The molecular formula is C13H18N2O. The topological polar surface area (TPSA) is 47.3 Å². The highest BCUT2D eigenvalue weighted by Crippen LogP contribution is 2.32. The van der Waals surface area contributed by atoms with Crippen LogP contribution in [-0.2, 0) is 23.1 Å². The number of hydrazine groups is 1. The van der Waals surface area contributed by atoms with E-state index >= 15 is 0 Å². The fourth-order valence-electron chi connectivity index (χ4n) is 2.67. The van der Waals surface area contributed by atoms with Crippen LogP contribution in [0.25, 0.3) is 0 Å². The maximum atomic E-state index is 5.65. The fraction of sp³-hybridized carbons (Fsp3) is 0.538. The summed E-state index contributed by atoms with van der Waals surface area (Å²) in [4.78, 5) is 0. The Kier molecular flexibility index (Phi) is 2.46. The Labute approximate surface area is 95.9 Å². The standard InChI is InChI=1S/C13H18N2O/c14-15-13(8-16-9-13)12-6-5-10-3-1-2-4-11(10)7-12/h5-7,15H,1-4,8-9,14H2. The van der Waals surface area contributed by atoms with E-state index < -0.39 is 0 Å². The molecule has 1 aliphatic heterocycles. The van der Waals surface area contributed by atoms with Gasteiger partial charge in [-0.25, -0.2) is 5.43 Å². The minimum atomic E-state index is -0.132. The van der Waals surface area contributed by atoms with Gasteiger partial charge in [0.1, 0.15) is 5.54 Å². The third-order valence-corrected chi connectivity index (χ3v) is 3.87. The fourth-order valence-corrected chi connectivity index (χ4v) is 2.67. The number of hydrogen-bond acceptors (Lipinski definition) is 3. The minimum absolute atomic E-state index is 0.132. The second-order valence-electron chi connectivity index (χ2n) is 4.91. The van der Waals surface area contributed by atoms with Crippen LogP contribution in [-0.4, -0.2) is 13.2 Å². The first-order valence-corrected chi connectivity index (χ1v) is 6.02. The Morgan fingerprint density at radius 1 is 1.12 bits per heavy atom. The molecule has 0 radical (unpaired) electrons. The molecule has 16 heavy (non-hydrogen) atoms. The summed E-state index contributed by atoms with van der Waals surface area (Å²) in [6.07, 6.45) is 5.09.